The number of rotatable bonds is 9. The molecule has 0 aromatic heterocycles. The summed E-state index contributed by atoms with van der Waals surface area (Å²) in [6.07, 6.45) is 6.03. The zero-order chi connectivity index (χ0) is 10.6. The van der Waals surface area contributed by atoms with E-state index in [1.54, 1.807) is 0 Å². The van der Waals surface area contributed by atoms with Crippen LogP contribution in [0.15, 0.2) is 0 Å². The number of carbonyl (C=O) groups is 1. The van der Waals surface area contributed by atoms with Gasteiger partial charge in [-0.25, -0.2) is 0 Å². The van der Waals surface area contributed by atoms with Crippen molar-refractivity contribution in [2.75, 3.05) is 20.2 Å². The number of esters is 1. The van der Waals surface area contributed by atoms with E-state index in [-0.39, 0.29) is 5.97 Å². The fourth-order valence-electron chi connectivity index (χ4n) is 1.20. The van der Waals surface area contributed by atoms with Gasteiger partial charge in [-0.3, -0.25) is 4.79 Å². The minimum atomic E-state index is -0.0586. The molecule has 0 unspecified atom stereocenters. The monoisotopic (exact) mass is 201 g/mol. The van der Waals surface area contributed by atoms with Gasteiger partial charge in [-0.05, 0) is 26.4 Å². The lowest BCUT2D eigenvalue weighted by atomic mass is 10.2. The van der Waals surface area contributed by atoms with Gasteiger partial charge in [0.25, 0.3) is 0 Å². The Bertz CT molecular complexity index is 137. The van der Waals surface area contributed by atoms with Crippen LogP contribution in [0, 0.1) is 0 Å². The van der Waals surface area contributed by atoms with Crippen LogP contribution < -0.4 is 5.32 Å². The Kier molecular flexibility index (Phi) is 10.1. The Hall–Kier alpha value is -0.570. The van der Waals surface area contributed by atoms with Crippen LogP contribution in [0.25, 0.3) is 0 Å². The van der Waals surface area contributed by atoms with Crippen LogP contribution in [-0.4, -0.2) is 26.2 Å². The Morgan fingerprint density at radius 3 is 2.64 bits per heavy atom. The van der Waals surface area contributed by atoms with Gasteiger partial charge < -0.3 is 10.1 Å². The maximum atomic E-state index is 11.1. The number of hydrogen-bond acceptors (Lipinski definition) is 3. The van der Waals surface area contributed by atoms with Gasteiger partial charge in [0, 0.05) is 6.42 Å². The van der Waals surface area contributed by atoms with Crippen molar-refractivity contribution in [1.82, 2.24) is 5.32 Å². The molecule has 0 aromatic rings. The standard InChI is InChI=1S/C11H23NO2/c1-3-4-5-6-10-14-11(13)8-7-9-12-2/h12H,3-10H2,1-2H3. The molecule has 3 nitrogen and oxygen atoms in total. The van der Waals surface area contributed by atoms with Crippen molar-refractivity contribution in [2.24, 2.45) is 0 Å². The molecular weight excluding hydrogens is 178 g/mol. The van der Waals surface area contributed by atoms with Crippen LogP contribution >= 0.6 is 0 Å². The van der Waals surface area contributed by atoms with Gasteiger partial charge in [0.2, 0.25) is 0 Å². The van der Waals surface area contributed by atoms with E-state index in [1.165, 1.54) is 19.3 Å². The van der Waals surface area contributed by atoms with E-state index in [2.05, 4.69) is 12.2 Å². The highest BCUT2D eigenvalue weighted by molar-refractivity contribution is 5.69. The van der Waals surface area contributed by atoms with Gasteiger partial charge >= 0.3 is 5.97 Å². The minimum absolute atomic E-state index is 0.0586. The van der Waals surface area contributed by atoms with Crippen LogP contribution in [-0.2, 0) is 9.53 Å². The molecule has 0 rings (SSSR count). The van der Waals surface area contributed by atoms with Crippen LogP contribution in [0.3, 0.4) is 0 Å². The van der Waals surface area contributed by atoms with Crippen molar-refractivity contribution in [3.05, 3.63) is 0 Å². The summed E-state index contributed by atoms with van der Waals surface area (Å²) in [6, 6.07) is 0. The van der Waals surface area contributed by atoms with Crippen LogP contribution in [0.2, 0.25) is 0 Å². The van der Waals surface area contributed by atoms with Crippen molar-refractivity contribution < 1.29 is 9.53 Å². The molecule has 0 aliphatic rings. The van der Waals surface area contributed by atoms with Gasteiger partial charge in [0.1, 0.15) is 0 Å². The zero-order valence-corrected chi connectivity index (χ0v) is 9.47. The first-order chi connectivity index (χ1) is 6.81. The lowest BCUT2D eigenvalue weighted by molar-refractivity contribution is -0.143. The Morgan fingerprint density at radius 2 is 2.00 bits per heavy atom. The van der Waals surface area contributed by atoms with E-state index >= 15 is 0 Å². The molecule has 0 heterocycles. The molecule has 0 aliphatic carbocycles. The third kappa shape index (κ3) is 9.52. The van der Waals surface area contributed by atoms with E-state index in [0.29, 0.717) is 13.0 Å². The summed E-state index contributed by atoms with van der Waals surface area (Å²) in [4.78, 5) is 11.1. The minimum Gasteiger partial charge on any atom is -0.466 e. The van der Waals surface area contributed by atoms with Crippen LogP contribution in [0.5, 0.6) is 0 Å². The third-order valence-corrected chi connectivity index (χ3v) is 2.07. The second-order valence-electron chi connectivity index (χ2n) is 3.49. The number of ether oxygens (including phenoxy) is 1. The molecule has 84 valence electrons. The first-order valence-electron chi connectivity index (χ1n) is 5.61. The summed E-state index contributed by atoms with van der Waals surface area (Å²) in [5.41, 5.74) is 0. The topological polar surface area (TPSA) is 38.3 Å². The van der Waals surface area contributed by atoms with Gasteiger partial charge in [0.15, 0.2) is 0 Å². The predicted octanol–water partition coefficient (Wildman–Crippen LogP) is 2.11. The summed E-state index contributed by atoms with van der Waals surface area (Å²) >= 11 is 0. The van der Waals surface area contributed by atoms with Crippen molar-refractivity contribution >= 4 is 5.97 Å². The fraction of sp³-hybridized carbons (Fsp3) is 0.909. The average Bonchev–Trinajstić information content (AvgIpc) is 2.18. The number of hydrogen-bond donors (Lipinski definition) is 1. The molecule has 0 atom stereocenters. The second kappa shape index (κ2) is 10.5. The summed E-state index contributed by atoms with van der Waals surface area (Å²) in [6.45, 7) is 3.65. The second-order valence-corrected chi connectivity index (χ2v) is 3.49. The molecule has 0 amide bonds. The summed E-state index contributed by atoms with van der Waals surface area (Å²) < 4.78 is 5.07. The Morgan fingerprint density at radius 1 is 1.21 bits per heavy atom. The van der Waals surface area contributed by atoms with E-state index < -0.39 is 0 Å². The van der Waals surface area contributed by atoms with E-state index in [0.717, 1.165) is 19.4 Å². The predicted molar refractivity (Wildman–Crippen MR) is 58.3 cm³/mol. The highest BCUT2D eigenvalue weighted by atomic mass is 16.5. The molecule has 1 N–H and O–H groups in total. The Labute approximate surface area is 87.2 Å². The molecule has 0 saturated heterocycles. The van der Waals surface area contributed by atoms with E-state index in [1.807, 2.05) is 7.05 Å². The van der Waals surface area contributed by atoms with Gasteiger partial charge in [0.05, 0.1) is 6.61 Å². The van der Waals surface area contributed by atoms with E-state index in [4.69, 9.17) is 4.74 Å². The van der Waals surface area contributed by atoms with Crippen LogP contribution in [0.4, 0.5) is 0 Å². The van der Waals surface area contributed by atoms with Crippen molar-refractivity contribution in [3.63, 3.8) is 0 Å². The third-order valence-electron chi connectivity index (χ3n) is 2.07. The number of nitrogens with one attached hydrogen (secondary N) is 1. The van der Waals surface area contributed by atoms with Crippen molar-refractivity contribution in [3.8, 4) is 0 Å². The van der Waals surface area contributed by atoms with Crippen molar-refractivity contribution in [1.29, 1.82) is 0 Å². The first-order valence-corrected chi connectivity index (χ1v) is 5.61. The molecule has 0 spiro atoms. The molecule has 0 saturated carbocycles. The maximum absolute atomic E-state index is 11.1. The molecule has 0 fully saturated rings. The van der Waals surface area contributed by atoms with Gasteiger partial charge in [-0.1, -0.05) is 26.2 Å². The SMILES string of the molecule is CCCCCCOC(=O)CCCNC. The molecule has 0 aliphatic heterocycles. The first kappa shape index (κ1) is 13.4. The molecule has 0 aromatic carbocycles. The molecule has 0 bridgehead atoms. The van der Waals surface area contributed by atoms with Gasteiger partial charge in [-0.2, -0.15) is 0 Å². The normalized spacial score (nSPS) is 10.1. The molecule has 14 heavy (non-hydrogen) atoms. The lowest BCUT2D eigenvalue weighted by Crippen LogP contribution is -2.12. The van der Waals surface area contributed by atoms with Crippen molar-refractivity contribution in [2.45, 2.75) is 45.4 Å². The number of unbranched alkanes of at least 4 members (excludes halogenated alkanes) is 3. The molecular formula is C11H23NO2. The van der Waals surface area contributed by atoms with E-state index in [9.17, 15) is 4.79 Å². The highest BCUT2D eigenvalue weighted by Gasteiger charge is 2.00. The molecule has 3 heteroatoms. The highest BCUT2D eigenvalue weighted by Crippen LogP contribution is 2.00. The van der Waals surface area contributed by atoms with Crippen LogP contribution in [0.1, 0.15) is 45.4 Å². The maximum Gasteiger partial charge on any atom is 0.305 e. The quantitative estimate of drug-likeness (QED) is 0.458. The molecule has 0 radical (unpaired) electrons. The lowest BCUT2D eigenvalue weighted by Gasteiger charge is -2.04. The van der Waals surface area contributed by atoms with Gasteiger partial charge in [-0.15, -0.1) is 0 Å². The summed E-state index contributed by atoms with van der Waals surface area (Å²) in [7, 11) is 1.89. The zero-order valence-electron chi connectivity index (χ0n) is 9.47. The smallest absolute Gasteiger partial charge is 0.305 e. The summed E-state index contributed by atoms with van der Waals surface area (Å²) in [5.74, 6) is -0.0586. The fourth-order valence-corrected chi connectivity index (χ4v) is 1.20. The average molecular weight is 201 g/mol. The number of carbonyl (C=O) groups excluding carboxylic acids is 1. The summed E-state index contributed by atoms with van der Waals surface area (Å²) in [5, 5.41) is 3.00. The largest absolute Gasteiger partial charge is 0.466 e. The Balaban J connectivity index is 3.10.